The standard InChI is InChI=1S/C16H24ClNO3/c1-3-18-14-10-15(16(14)20-8-7-19-2)21-11-12-5-4-6-13(17)9-12/h4-6,9,14-16,18H,3,7-8,10-11H2,1-2H3. The lowest BCUT2D eigenvalue weighted by molar-refractivity contribution is -0.156. The molecule has 4 nitrogen and oxygen atoms in total. The fourth-order valence-electron chi connectivity index (χ4n) is 2.53. The molecule has 3 unspecified atom stereocenters. The van der Waals surface area contributed by atoms with Crippen LogP contribution in [0.2, 0.25) is 5.02 Å². The second-order valence-electron chi connectivity index (χ2n) is 5.21. The van der Waals surface area contributed by atoms with Crippen molar-refractivity contribution in [2.75, 3.05) is 26.9 Å². The molecule has 1 aliphatic carbocycles. The van der Waals surface area contributed by atoms with Gasteiger partial charge >= 0.3 is 0 Å². The summed E-state index contributed by atoms with van der Waals surface area (Å²) in [5.74, 6) is 0. The van der Waals surface area contributed by atoms with Crippen molar-refractivity contribution in [3.05, 3.63) is 34.9 Å². The van der Waals surface area contributed by atoms with Gasteiger partial charge in [-0.1, -0.05) is 30.7 Å². The molecule has 1 N–H and O–H groups in total. The molecular weight excluding hydrogens is 290 g/mol. The maximum Gasteiger partial charge on any atom is 0.0991 e. The Morgan fingerprint density at radius 2 is 2.14 bits per heavy atom. The molecule has 0 spiro atoms. The summed E-state index contributed by atoms with van der Waals surface area (Å²) in [6.45, 7) is 4.81. The molecule has 1 aromatic carbocycles. The van der Waals surface area contributed by atoms with Crippen molar-refractivity contribution in [1.82, 2.24) is 5.32 Å². The Morgan fingerprint density at radius 3 is 2.86 bits per heavy atom. The third-order valence-electron chi connectivity index (χ3n) is 3.67. The Hall–Kier alpha value is -0.650. The van der Waals surface area contributed by atoms with E-state index in [0.717, 1.165) is 23.6 Å². The van der Waals surface area contributed by atoms with E-state index in [1.54, 1.807) is 7.11 Å². The molecule has 21 heavy (non-hydrogen) atoms. The second-order valence-corrected chi connectivity index (χ2v) is 5.64. The Bertz CT molecular complexity index is 430. The topological polar surface area (TPSA) is 39.7 Å². The average molecular weight is 314 g/mol. The van der Waals surface area contributed by atoms with Gasteiger partial charge in [0.2, 0.25) is 0 Å². The summed E-state index contributed by atoms with van der Waals surface area (Å²) in [6.07, 6.45) is 1.20. The Kier molecular flexibility index (Phi) is 6.93. The number of hydrogen-bond acceptors (Lipinski definition) is 4. The summed E-state index contributed by atoms with van der Waals surface area (Å²) in [5, 5.41) is 4.17. The van der Waals surface area contributed by atoms with Crippen LogP contribution in [0, 0.1) is 0 Å². The monoisotopic (exact) mass is 313 g/mol. The van der Waals surface area contributed by atoms with Gasteiger partial charge in [0.25, 0.3) is 0 Å². The van der Waals surface area contributed by atoms with Gasteiger partial charge in [-0.2, -0.15) is 0 Å². The summed E-state index contributed by atoms with van der Waals surface area (Å²) >= 11 is 5.98. The van der Waals surface area contributed by atoms with Crippen LogP contribution in [-0.2, 0) is 20.8 Å². The maximum atomic E-state index is 5.98. The number of ether oxygens (including phenoxy) is 3. The summed E-state index contributed by atoms with van der Waals surface area (Å²) in [4.78, 5) is 0. The molecule has 1 saturated carbocycles. The molecule has 0 amide bonds. The first kappa shape index (κ1) is 16.7. The van der Waals surface area contributed by atoms with Crippen molar-refractivity contribution < 1.29 is 14.2 Å². The van der Waals surface area contributed by atoms with Crippen LogP contribution >= 0.6 is 11.6 Å². The van der Waals surface area contributed by atoms with Crippen LogP contribution in [0.15, 0.2) is 24.3 Å². The lowest BCUT2D eigenvalue weighted by atomic mass is 9.85. The van der Waals surface area contributed by atoms with E-state index in [4.69, 9.17) is 25.8 Å². The quantitative estimate of drug-likeness (QED) is 0.712. The lowest BCUT2D eigenvalue weighted by Gasteiger charge is -2.44. The molecule has 0 saturated heterocycles. The third-order valence-corrected chi connectivity index (χ3v) is 3.90. The number of methoxy groups -OCH3 is 1. The molecule has 1 aromatic rings. The largest absolute Gasteiger partial charge is 0.382 e. The molecular formula is C16H24ClNO3. The zero-order valence-electron chi connectivity index (χ0n) is 12.7. The van der Waals surface area contributed by atoms with E-state index in [1.165, 1.54) is 0 Å². The zero-order chi connectivity index (χ0) is 15.1. The van der Waals surface area contributed by atoms with Crippen LogP contribution in [0.5, 0.6) is 0 Å². The fraction of sp³-hybridized carbons (Fsp3) is 0.625. The predicted molar refractivity (Wildman–Crippen MR) is 83.7 cm³/mol. The molecule has 1 fully saturated rings. The van der Waals surface area contributed by atoms with Crippen LogP contribution in [0.25, 0.3) is 0 Å². The number of nitrogens with one attached hydrogen (secondary N) is 1. The zero-order valence-corrected chi connectivity index (χ0v) is 13.4. The smallest absolute Gasteiger partial charge is 0.0991 e. The highest BCUT2D eigenvalue weighted by Crippen LogP contribution is 2.28. The molecule has 1 aliphatic rings. The Labute approximate surface area is 131 Å². The van der Waals surface area contributed by atoms with Crippen molar-refractivity contribution in [1.29, 1.82) is 0 Å². The van der Waals surface area contributed by atoms with Gasteiger partial charge in [0.05, 0.1) is 32.0 Å². The number of halogens is 1. The van der Waals surface area contributed by atoms with Crippen LogP contribution in [0.1, 0.15) is 18.9 Å². The molecule has 0 aliphatic heterocycles. The fourth-order valence-corrected chi connectivity index (χ4v) is 2.74. The molecule has 0 aromatic heterocycles. The van der Waals surface area contributed by atoms with Crippen molar-refractivity contribution >= 4 is 11.6 Å². The van der Waals surface area contributed by atoms with E-state index < -0.39 is 0 Å². The highest BCUT2D eigenvalue weighted by atomic mass is 35.5. The Balaban J connectivity index is 1.80. The summed E-state index contributed by atoms with van der Waals surface area (Å²) in [5.41, 5.74) is 1.09. The van der Waals surface area contributed by atoms with Gasteiger partial charge in [-0.3, -0.25) is 0 Å². The van der Waals surface area contributed by atoms with Gasteiger partial charge in [-0.15, -0.1) is 0 Å². The van der Waals surface area contributed by atoms with Gasteiger partial charge in [0, 0.05) is 18.2 Å². The lowest BCUT2D eigenvalue weighted by Crippen LogP contribution is -2.60. The molecule has 118 valence electrons. The summed E-state index contributed by atoms with van der Waals surface area (Å²) in [6, 6.07) is 8.13. The highest BCUT2D eigenvalue weighted by molar-refractivity contribution is 6.30. The van der Waals surface area contributed by atoms with Crippen molar-refractivity contribution in [2.24, 2.45) is 0 Å². The van der Waals surface area contributed by atoms with Crippen LogP contribution in [-0.4, -0.2) is 45.1 Å². The number of benzene rings is 1. The first-order valence-electron chi connectivity index (χ1n) is 7.44. The molecule has 0 radical (unpaired) electrons. The number of likely N-dealkylation sites (N-methyl/N-ethyl adjacent to an activating group) is 1. The van der Waals surface area contributed by atoms with E-state index >= 15 is 0 Å². The van der Waals surface area contributed by atoms with Gasteiger partial charge in [-0.05, 0) is 30.7 Å². The average Bonchev–Trinajstić information content (AvgIpc) is 2.46. The molecule has 0 heterocycles. The highest BCUT2D eigenvalue weighted by Gasteiger charge is 2.42. The van der Waals surface area contributed by atoms with E-state index in [-0.39, 0.29) is 12.2 Å². The summed E-state index contributed by atoms with van der Waals surface area (Å²) < 4.78 is 16.9. The van der Waals surface area contributed by atoms with Gasteiger partial charge < -0.3 is 19.5 Å². The van der Waals surface area contributed by atoms with Gasteiger partial charge in [-0.25, -0.2) is 0 Å². The molecule has 3 atom stereocenters. The maximum absolute atomic E-state index is 5.98. The van der Waals surface area contributed by atoms with E-state index in [0.29, 0.717) is 25.9 Å². The summed E-state index contributed by atoms with van der Waals surface area (Å²) in [7, 11) is 1.68. The van der Waals surface area contributed by atoms with Crippen molar-refractivity contribution in [3.8, 4) is 0 Å². The number of rotatable bonds is 9. The minimum atomic E-state index is 0.0966. The Morgan fingerprint density at radius 1 is 1.29 bits per heavy atom. The molecule has 5 heteroatoms. The van der Waals surface area contributed by atoms with E-state index in [1.807, 2.05) is 24.3 Å². The van der Waals surface area contributed by atoms with E-state index in [9.17, 15) is 0 Å². The van der Waals surface area contributed by atoms with Gasteiger partial charge in [0.15, 0.2) is 0 Å². The minimum Gasteiger partial charge on any atom is -0.382 e. The SMILES string of the molecule is CCNC1CC(OCc2cccc(Cl)c2)C1OCCOC. The molecule has 0 bridgehead atoms. The van der Waals surface area contributed by atoms with E-state index in [2.05, 4.69) is 12.2 Å². The third kappa shape index (κ3) is 4.94. The number of hydrogen-bond donors (Lipinski definition) is 1. The second kappa shape index (κ2) is 8.71. The van der Waals surface area contributed by atoms with Crippen LogP contribution in [0.3, 0.4) is 0 Å². The molecule has 2 rings (SSSR count). The van der Waals surface area contributed by atoms with Crippen LogP contribution in [0.4, 0.5) is 0 Å². The normalized spacial score (nSPS) is 24.8. The van der Waals surface area contributed by atoms with Crippen molar-refractivity contribution in [3.63, 3.8) is 0 Å². The van der Waals surface area contributed by atoms with Gasteiger partial charge in [0.1, 0.15) is 0 Å². The predicted octanol–water partition coefficient (Wildman–Crippen LogP) is 2.64. The first-order valence-corrected chi connectivity index (χ1v) is 7.82. The minimum absolute atomic E-state index is 0.0966. The van der Waals surface area contributed by atoms with Crippen molar-refractivity contribution in [2.45, 2.75) is 38.2 Å². The van der Waals surface area contributed by atoms with Crippen LogP contribution < -0.4 is 5.32 Å². The first-order chi connectivity index (χ1) is 10.2.